The minimum atomic E-state index is 0.831. The number of imidazole rings is 1. The molecule has 2 heterocycles. The van der Waals surface area contributed by atoms with Gasteiger partial charge in [0.15, 0.2) is 5.65 Å². The van der Waals surface area contributed by atoms with Crippen molar-refractivity contribution in [3.05, 3.63) is 59.7 Å². The van der Waals surface area contributed by atoms with Gasteiger partial charge in [0.25, 0.3) is 0 Å². The molecule has 4 nitrogen and oxygen atoms in total. The minimum Gasteiger partial charge on any atom is -0.269 e. The maximum atomic E-state index is 4.63. The number of allylic oxidation sites excluding steroid dienone is 5. The van der Waals surface area contributed by atoms with Gasteiger partial charge in [-0.25, -0.2) is 9.50 Å². The van der Waals surface area contributed by atoms with Crippen LogP contribution in [-0.4, -0.2) is 21.3 Å². The molecule has 0 fully saturated rings. The maximum absolute atomic E-state index is 4.63. The molecule has 4 heteroatoms. The predicted molar refractivity (Wildman–Crippen MR) is 83.8 cm³/mol. The molecule has 0 N–H and O–H groups in total. The Balaban J connectivity index is 2.63. The van der Waals surface area contributed by atoms with Crippen LogP contribution in [0.4, 0.5) is 0 Å². The van der Waals surface area contributed by atoms with E-state index in [-0.39, 0.29) is 0 Å². The van der Waals surface area contributed by atoms with Gasteiger partial charge in [-0.15, -0.1) is 0 Å². The fourth-order valence-corrected chi connectivity index (χ4v) is 2.11. The van der Waals surface area contributed by atoms with Crippen LogP contribution >= 0.6 is 0 Å². The molecule has 0 saturated heterocycles. The summed E-state index contributed by atoms with van der Waals surface area (Å²) in [5, 5.41) is 4.63. The van der Waals surface area contributed by atoms with Gasteiger partial charge in [-0.3, -0.25) is 4.99 Å². The van der Waals surface area contributed by atoms with Crippen molar-refractivity contribution in [2.75, 3.05) is 0 Å². The quantitative estimate of drug-likeness (QED) is 0.626. The molecule has 0 aliphatic heterocycles. The Morgan fingerprint density at radius 3 is 2.75 bits per heavy atom. The summed E-state index contributed by atoms with van der Waals surface area (Å²) in [6.45, 7) is 13.3. The monoisotopic (exact) mass is 266 g/mol. The van der Waals surface area contributed by atoms with Gasteiger partial charge in [0.2, 0.25) is 0 Å². The lowest BCUT2D eigenvalue weighted by Crippen LogP contribution is -2.00. The number of aryl methyl sites for hydroxylation is 1. The Morgan fingerprint density at radius 1 is 1.40 bits per heavy atom. The third-order valence-electron chi connectivity index (χ3n) is 3.22. The van der Waals surface area contributed by atoms with Crippen molar-refractivity contribution in [2.24, 2.45) is 4.99 Å². The lowest BCUT2D eigenvalue weighted by molar-refractivity contribution is 0.887. The van der Waals surface area contributed by atoms with Crippen LogP contribution in [0.25, 0.3) is 11.2 Å². The zero-order chi connectivity index (χ0) is 14.7. The number of fused-ring (bicyclic) bond motifs is 1. The van der Waals surface area contributed by atoms with E-state index in [1.165, 1.54) is 0 Å². The number of aliphatic imine (C=N–C) groups is 1. The van der Waals surface area contributed by atoms with Crippen LogP contribution in [0.3, 0.4) is 0 Å². The molecule has 0 amide bonds. The van der Waals surface area contributed by atoms with Gasteiger partial charge in [-0.2, -0.15) is 5.10 Å². The van der Waals surface area contributed by atoms with E-state index in [1.807, 2.05) is 49.7 Å². The molecule has 2 aromatic heterocycles. The summed E-state index contributed by atoms with van der Waals surface area (Å²) >= 11 is 0. The van der Waals surface area contributed by atoms with Gasteiger partial charge in [0.05, 0.1) is 17.6 Å². The molecule has 0 aliphatic rings. The van der Waals surface area contributed by atoms with E-state index in [2.05, 4.69) is 28.4 Å². The van der Waals surface area contributed by atoms with E-state index < -0.39 is 0 Å². The number of nitrogens with zero attached hydrogens (tertiary/aromatic N) is 4. The zero-order valence-electron chi connectivity index (χ0n) is 12.1. The van der Waals surface area contributed by atoms with E-state index in [0.29, 0.717) is 0 Å². The van der Waals surface area contributed by atoms with Crippen LogP contribution < -0.4 is 0 Å². The zero-order valence-corrected chi connectivity index (χ0v) is 12.1. The Morgan fingerprint density at radius 2 is 2.15 bits per heavy atom. The average Bonchev–Trinajstić information content (AvgIpc) is 2.85. The van der Waals surface area contributed by atoms with Gasteiger partial charge >= 0.3 is 0 Å². The van der Waals surface area contributed by atoms with Gasteiger partial charge in [-0.05, 0) is 39.6 Å². The Bertz CT molecular complexity index is 732. The lowest BCUT2D eigenvalue weighted by Gasteiger charge is -2.10. The summed E-state index contributed by atoms with van der Waals surface area (Å²) in [6, 6.07) is 3.91. The van der Waals surface area contributed by atoms with Crippen molar-refractivity contribution in [3.63, 3.8) is 0 Å². The lowest BCUT2D eigenvalue weighted by atomic mass is 10.0. The second kappa shape index (κ2) is 5.65. The van der Waals surface area contributed by atoms with E-state index in [0.717, 1.165) is 33.9 Å². The number of rotatable bonds is 4. The number of hydrogen-bond donors (Lipinski definition) is 0. The molecule has 0 unspecified atom stereocenters. The van der Waals surface area contributed by atoms with Crippen molar-refractivity contribution >= 4 is 17.9 Å². The molecule has 102 valence electrons. The summed E-state index contributed by atoms with van der Waals surface area (Å²) in [4.78, 5) is 8.28. The molecule has 0 aromatic carbocycles. The number of hydrogen-bond acceptors (Lipinski definition) is 3. The SMILES string of the molecule is C=CC(/C(=C\C)c1ccc2ncc(C)n2n1)=C(/C)N=C. The third kappa shape index (κ3) is 2.32. The second-order valence-corrected chi connectivity index (χ2v) is 4.45. The summed E-state index contributed by atoms with van der Waals surface area (Å²) in [7, 11) is 0. The van der Waals surface area contributed by atoms with Crippen LogP contribution in [0.1, 0.15) is 25.2 Å². The molecular formula is C16H18N4. The molecule has 0 spiro atoms. The fraction of sp³-hybridized carbons (Fsp3) is 0.188. The van der Waals surface area contributed by atoms with E-state index >= 15 is 0 Å². The topological polar surface area (TPSA) is 42.5 Å². The standard InChI is InChI=1S/C16H18N4/c1-6-13(12(4)17-5)14(7-2)15-8-9-16-18-10-11(3)20(16)19-15/h6-10H,1,5H2,2-4H3/b13-12+,14-7+. The average molecular weight is 266 g/mol. The minimum absolute atomic E-state index is 0.831. The van der Waals surface area contributed by atoms with Crippen LogP contribution in [0.15, 0.2) is 53.3 Å². The van der Waals surface area contributed by atoms with Crippen molar-refractivity contribution in [1.82, 2.24) is 14.6 Å². The molecule has 0 bridgehead atoms. The van der Waals surface area contributed by atoms with Crippen molar-refractivity contribution < 1.29 is 0 Å². The molecule has 2 rings (SSSR count). The molecule has 0 aliphatic carbocycles. The smallest absolute Gasteiger partial charge is 0.153 e. The predicted octanol–water partition coefficient (Wildman–Crippen LogP) is 3.60. The Labute approximate surface area is 118 Å². The number of aromatic nitrogens is 3. The van der Waals surface area contributed by atoms with Crippen molar-refractivity contribution in [1.29, 1.82) is 0 Å². The normalized spacial score (nSPS) is 13.2. The van der Waals surface area contributed by atoms with Crippen molar-refractivity contribution in [3.8, 4) is 0 Å². The van der Waals surface area contributed by atoms with Crippen LogP contribution in [0, 0.1) is 6.92 Å². The van der Waals surface area contributed by atoms with Gasteiger partial charge < -0.3 is 0 Å². The first-order valence-electron chi connectivity index (χ1n) is 6.40. The first-order chi connectivity index (χ1) is 9.62. The van der Waals surface area contributed by atoms with Gasteiger partial charge in [0, 0.05) is 16.8 Å². The molecule has 0 radical (unpaired) electrons. The maximum Gasteiger partial charge on any atom is 0.153 e. The van der Waals surface area contributed by atoms with Gasteiger partial charge in [-0.1, -0.05) is 18.7 Å². The molecule has 20 heavy (non-hydrogen) atoms. The summed E-state index contributed by atoms with van der Waals surface area (Å²) < 4.78 is 1.83. The third-order valence-corrected chi connectivity index (χ3v) is 3.22. The van der Waals surface area contributed by atoms with Crippen LogP contribution in [0.2, 0.25) is 0 Å². The molecule has 2 aromatic rings. The van der Waals surface area contributed by atoms with Crippen molar-refractivity contribution in [2.45, 2.75) is 20.8 Å². The Kier molecular flexibility index (Phi) is 3.94. The Hall–Kier alpha value is -2.49. The van der Waals surface area contributed by atoms with E-state index in [4.69, 9.17) is 0 Å². The summed E-state index contributed by atoms with van der Waals surface area (Å²) in [6.07, 6.45) is 5.60. The fourth-order valence-electron chi connectivity index (χ4n) is 2.11. The molecule has 0 atom stereocenters. The highest BCUT2D eigenvalue weighted by atomic mass is 15.3. The molecular weight excluding hydrogens is 248 g/mol. The highest BCUT2D eigenvalue weighted by Gasteiger charge is 2.11. The summed E-state index contributed by atoms with van der Waals surface area (Å²) in [5.41, 5.74) is 5.45. The summed E-state index contributed by atoms with van der Waals surface area (Å²) in [5.74, 6) is 0. The highest BCUT2D eigenvalue weighted by Crippen LogP contribution is 2.25. The first kappa shape index (κ1) is 13.9. The first-order valence-corrected chi connectivity index (χ1v) is 6.40. The van der Waals surface area contributed by atoms with E-state index in [9.17, 15) is 0 Å². The van der Waals surface area contributed by atoms with Gasteiger partial charge in [0.1, 0.15) is 0 Å². The van der Waals surface area contributed by atoms with Crippen LogP contribution in [-0.2, 0) is 0 Å². The molecule has 0 saturated carbocycles. The van der Waals surface area contributed by atoms with E-state index in [1.54, 1.807) is 6.08 Å². The van der Waals surface area contributed by atoms with Crippen LogP contribution in [0.5, 0.6) is 0 Å². The highest BCUT2D eigenvalue weighted by molar-refractivity contribution is 5.80. The second-order valence-electron chi connectivity index (χ2n) is 4.45. The largest absolute Gasteiger partial charge is 0.269 e.